The molecule has 1 aromatic heterocycles. The maximum Gasteiger partial charge on any atom is 0.179 e. The molecule has 0 amide bonds. The predicted octanol–water partition coefficient (Wildman–Crippen LogP) is 2.24. The molecule has 0 bridgehead atoms. The second-order valence-corrected chi connectivity index (χ2v) is 6.47. The van der Waals surface area contributed by atoms with Crippen LogP contribution < -0.4 is 5.73 Å². The fraction of sp³-hybridized carbons (Fsp3) is 0.125. The number of aromatic nitrogens is 1. The van der Waals surface area contributed by atoms with Crippen molar-refractivity contribution in [2.24, 2.45) is 0 Å². The van der Waals surface area contributed by atoms with Gasteiger partial charge in [-0.05, 0) is 18.2 Å². The Labute approximate surface area is 129 Å². The number of pyridine rings is 1. The lowest BCUT2D eigenvalue weighted by atomic mass is 10.0. The maximum atomic E-state index is 12.1. The second kappa shape index (κ2) is 5.38. The molecule has 112 valence electrons. The van der Waals surface area contributed by atoms with Crippen molar-refractivity contribution >= 4 is 44.1 Å². The van der Waals surface area contributed by atoms with Crippen molar-refractivity contribution in [3.05, 3.63) is 42.0 Å². The van der Waals surface area contributed by atoms with Gasteiger partial charge < -0.3 is 10.8 Å². The Morgan fingerprint density at radius 1 is 1.23 bits per heavy atom. The highest BCUT2D eigenvalue weighted by Gasteiger charge is 2.18. The Hall–Kier alpha value is -2.47. The average molecular weight is 314 g/mol. The van der Waals surface area contributed by atoms with E-state index in [0.717, 1.165) is 5.52 Å². The van der Waals surface area contributed by atoms with Gasteiger partial charge in [0.2, 0.25) is 0 Å². The summed E-state index contributed by atoms with van der Waals surface area (Å²) in [6, 6.07) is 10.5. The molecule has 1 unspecified atom stereocenters. The van der Waals surface area contributed by atoms with Crippen LogP contribution in [0.1, 0.15) is 10.4 Å². The fourth-order valence-electron chi connectivity index (χ4n) is 2.49. The SMILES string of the molecule is CS(=O)CC(=O)c1ccc2nc3ccccc3c(N)c2c1O. The van der Waals surface area contributed by atoms with Gasteiger partial charge in [-0.3, -0.25) is 9.00 Å². The number of anilines is 1. The van der Waals surface area contributed by atoms with Gasteiger partial charge in [-0.25, -0.2) is 4.98 Å². The number of rotatable bonds is 3. The van der Waals surface area contributed by atoms with E-state index in [1.54, 1.807) is 6.07 Å². The first-order valence-corrected chi connectivity index (χ1v) is 8.35. The van der Waals surface area contributed by atoms with Crippen molar-refractivity contribution < 1.29 is 14.1 Å². The number of ketones is 1. The summed E-state index contributed by atoms with van der Waals surface area (Å²) in [6.07, 6.45) is 1.44. The van der Waals surface area contributed by atoms with Gasteiger partial charge in [-0.1, -0.05) is 18.2 Å². The first-order chi connectivity index (χ1) is 10.5. The Morgan fingerprint density at radius 2 is 1.95 bits per heavy atom. The number of nitrogen functional groups attached to an aromatic ring is 1. The largest absolute Gasteiger partial charge is 0.506 e. The zero-order valence-corrected chi connectivity index (χ0v) is 12.7. The lowest BCUT2D eigenvalue weighted by molar-refractivity contribution is 0.101. The van der Waals surface area contributed by atoms with E-state index < -0.39 is 10.8 Å². The van der Waals surface area contributed by atoms with E-state index in [1.807, 2.05) is 24.3 Å². The number of fused-ring (bicyclic) bond motifs is 2. The highest BCUT2D eigenvalue weighted by Crippen LogP contribution is 2.36. The summed E-state index contributed by atoms with van der Waals surface area (Å²) in [6.45, 7) is 0. The molecular weight excluding hydrogens is 300 g/mol. The summed E-state index contributed by atoms with van der Waals surface area (Å²) in [5.74, 6) is -0.725. The van der Waals surface area contributed by atoms with Gasteiger partial charge in [-0.15, -0.1) is 0 Å². The van der Waals surface area contributed by atoms with Crippen LogP contribution in [-0.4, -0.2) is 32.1 Å². The quantitative estimate of drug-likeness (QED) is 0.571. The van der Waals surface area contributed by atoms with E-state index in [0.29, 0.717) is 22.0 Å². The van der Waals surface area contributed by atoms with Gasteiger partial charge in [0.15, 0.2) is 5.78 Å². The molecule has 0 fully saturated rings. The molecule has 3 aromatic rings. The molecule has 3 N–H and O–H groups in total. The number of para-hydroxylation sites is 1. The molecule has 6 heteroatoms. The van der Waals surface area contributed by atoms with Crippen molar-refractivity contribution in [3.8, 4) is 5.75 Å². The van der Waals surface area contributed by atoms with Gasteiger partial charge in [-0.2, -0.15) is 0 Å². The first kappa shape index (κ1) is 14.5. The average Bonchev–Trinajstić information content (AvgIpc) is 2.46. The van der Waals surface area contributed by atoms with Gasteiger partial charge in [0.1, 0.15) is 5.75 Å². The van der Waals surface area contributed by atoms with Crippen molar-refractivity contribution in [1.82, 2.24) is 4.98 Å². The van der Waals surface area contributed by atoms with Crippen LogP contribution >= 0.6 is 0 Å². The Morgan fingerprint density at radius 3 is 2.68 bits per heavy atom. The standard InChI is InChI=1S/C16H14N2O3S/c1-22(21)8-13(19)10-6-7-12-14(16(10)20)15(17)9-4-2-3-5-11(9)18-12/h2-7,20H,8H2,1H3,(H2,17,18). The number of carbonyl (C=O) groups excluding carboxylic acids is 1. The maximum absolute atomic E-state index is 12.1. The third-order valence-electron chi connectivity index (χ3n) is 3.50. The van der Waals surface area contributed by atoms with E-state index in [9.17, 15) is 14.1 Å². The highest BCUT2D eigenvalue weighted by atomic mass is 32.2. The molecule has 0 aliphatic heterocycles. The molecule has 2 aromatic carbocycles. The predicted molar refractivity (Wildman–Crippen MR) is 88.6 cm³/mol. The lowest BCUT2D eigenvalue weighted by Gasteiger charge is -2.11. The van der Waals surface area contributed by atoms with Crippen LogP contribution in [0.4, 0.5) is 5.69 Å². The Balaban J connectivity index is 2.30. The summed E-state index contributed by atoms with van der Waals surface area (Å²) in [5, 5.41) is 11.5. The number of nitrogens with two attached hydrogens (primary N) is 1. The minimum Gasteiger partial charge on any atom is -0.506 e. The van der Waals surface area contributed by atoms with Crippen molar-refractivity contribution in [2.45, 2.75) is 0 Å². The molecule has 5 nitrogen and oxygen atoms in total. The summed E-state index contributed by atoms with van der Waals surface area (Å²) in [4.78, 5) is 16.5. The van der Waals surface area contributed by atoms with Crippen molar-refractivity contribution in [3.63, 3.8) is 0 Å². The minimum atomic E-state index is -1.27. The van der Waals surface area contributed by atoms with Crippen LogP contribution in [0.25, 0.3) is 21.8 Å². The van der Waals surface area contributed by atoms with Gasteiger partial charge in [0.05, 0.1) is 33.4 Å². The van der Waals surface area contributed by atoms with E-state index in [-0.39, 0.29) is 22.8 Å². The summed E-state index contributed by atoms with van der Waals surface area (Å²) in [5.41, 5.74) is 7.89. The zero-order chi connectivity index (χ0) is 15.9. The monoisotopic (exact) mass is 314 g/mol. The molecule has 3 rings (SSSR count). The Kier molecular flexibility index (Phi) is 3.54. The van der Waals surface area contributed by atoms with Gasteiger partial charge >= 0.3 is 0 Å². The number of hydrogen-bond acceptors (Lipinski definition) is 5. The van der Waals surface area contributed by atoms with E-state index >= 15 is 0 Å². The summed E-state index contributed by atoms with van der Waals surface area (Å²) < 4.78 is 11.2. The third-order valence-corrected chi connectivity index (χ3v) is 4.16. The van der Waals surface area contributed by atoms with Crippen molar-refractivity contribution in [2.75, 3.05) is 17.7 Å². The van der Waals surface area contributed by atoms with Crippen LogP contribution in [0.5, 0.6) is 5.75 Å². The molecular formula is C16H14N2O3S. The molecule has 0 saturated carbocycles. The number of nitrogens with zero attached hydrogens (tertiary/aromatic N) is 1. The molecule has 1 heterocycles. The molecule has 0 spiro atoms. The molecule has 22 heavy (non-hydrogen) atoms. The van der Waals surface area contributed by atoms with Crippen molar-refractivity contribution in [1.29, 1.82) is 0 Å². The smallest absolute Gasteiger partial charge is 0.179 e. The highest BCUT2D eigenvalue weighted by molar-refractivity contribution is 7.85. The molecule has 0 radical (unpaired) electrons. The number of hydrogen-bond donors (Lipinski definition) is 2. The molecule has 0 aliphatic carbocycles. The van der Waals surface area contributed by atoms with E-state index in [4.69, 9.17) is 5.73 Å². The fourth-order valence-corrected chi connectivity index (χ4v) is 3.01. The zero-order valence-electron chi connectivity index (χ0n) is 11.9. The third kappa shape index (κ3) is 2.31. The van der Waals surface area contributed by atoms with Gasteiger partial charge in [0, 0.05) is 22.4 Å². The lowest BCUT2D eigenvalue weighted by Crippen LogP contribution is -2.10. The number of phenolic OH excluding ortho intramolecular Hbond substituents is 1. The van der Waals surface area contributed by atoms with Crippen LogP contribution in [0.15, 0.2) is 36.4 Å². The number of aromatic hydroxyl groups is 1. The van der Waals surface area contributed by atoms with E-state index in [1.165, 1.54) is 12.3 Å². The number of phenols is 1. The van der Waals surface area contributed by atoms with Crippen LogP contribution in [-0.2, 0) is 10.8 Å². The second-order valence-electron chi connectivity index (χ2n) is 5.04. The topological polar surface area (TPSA) is 93.3 Å². The first-order valence-electron chi connectivity index (χ1n) is 6.62. The summed E-state index contributed by atoms with van der Waals surface area (Å²) in [7, 11) is -1.27. The van der Waals surface area contributed by atoms with Crippen LogP contribution in [0.2, 0.25) is 0 Å². The number of benzene rings is 2. The Bertz CT molecular complexity index is 937. The number of carbonyl (C=O) groups is 1. The summed E-state index contributed by atoms with van der Waals surface area (Å²) >= 11 is 0. The normalized spacial score (nSPS) is 12.6. The van der Waals surface area contributed by atoms with Crippen LogP contribution in [0, 0.1) is 0 Å². The minimum absolute atomic E-state index is 0.117. The molecule has 1 atom stereocenters. The molecule has 0 aliphatic rings. The number of Topliss-reactive ketones (excluding diaryl/α,β-unsaturated/α-hetero) is 1. The van der Waals surface area contributed by atoms with Crippen LogP contribution in [0.3, 0.4) is 0 Å². The molecule has 0 saturated heterocycles. The van der Waals surface area contributed by atoms with Gasteiger partial charge in [0.25, 0.3) is 0 Å². The van der Waals surface area contributed by atoms with E-state index in [2.05, 4.69) is 4.98 Å².